The van der Waals surface area contributed by atoms with Crippen molar-refractivity contribution in [1.29, 1.82) is 0 Å². The topological polar surface area (TPSA) is 35.2 Å². The number of fused-ring (bicyclic) bond motifs is 1. The van der Waals surface area contributed by atoms with E-state index in [1.54, 1.807) is 0 Å². The van der Waals surface area contributed by atoms with Crippen LogP contribution in [0.3, 0.4) is 0 Å². The first-order valence-corrected chi connectivity index (χ1v) is 5.22. The maximum Gasteiger partial charge on any atom is 0.141 e. The molecule has 0 amide bonds. The molecule has 2 nitrogen and oxygen atoms in total. The number of hydrogen-bond acceptors (Lipinski definition) is 2. The summed E-state index contributed by atoms with van der Waals surface area (Å²) in [5.74, 6) is 0.833. The number of benzene rings is 1. The van der Waals surface area contributed by atoms with Gasteiger partial charge in [-0.25, -0.2) is 0 Å². The van der Waals surface area contributed by atoms with Crippen LogP contribution >= 0.6 is 11.6 Å². The number of aryl methyl sites for hydroxylation is 1. The van der Waals surface area contributed by atoms with Gasteiger partial charge in [0.05, 0.1) is 11.6 Å². The van der Waals surface area contributed by atoms with Crippen LogP contribution in [0.15, 0.2) is 12.1 Å². The van der Waals surface area contributed by atoms with E-state index in [1.807, 2.05) is 12.1 Å². The van der Waals surface area contributed by atoms with Crippen molar-refractivity contribution in [2.75, 3.05) is 6.61 Å². The number of nitrogens with two attached hydrogens (primary N) is 1. The SMILES string of the molecule is Cc1ccc(Cl)c2c1CC(N)CCO2. The van der Waals surface area contributed by atoms with Crippen LogP contribution in [0, 0.1) is 6.92 Å². The number of rotatable bonds is 0. The molecule has 0 saturated heterocycles. The predicted octanol–water partition coefficient (Wildman–Crippen LogP) is 2.30. The van der Waals surface area contributed by atoms with Gasteiger partial charge in [-0.2, -0.15) is 0 Å². The van der Waals surface area contributed by atoms with Crippen molar-refractivity contribution >= 4 is 11.6 Å². The Hall–Kier alpha value is -0.730. The minimum Gasteiger partial charge on any atom is -0.492 e. The maximum absolute atomic E-state index is 6.07. The standard InChI is InChI=1S/C11H14ClNO/c1-7-2-3-10(12)11-9(7)6-8(13)4-5-14-11/h2-3,8H,4-6,13H2,1H3. The molecule has 76 valence electrons. The fourth-order valence-electron chi connectivity index (χ4n) is 1.78. The highest BCUT2D eigenvalue weighted by Crippen LogP contribution is 2.33. The third-order valence-corrected chi connectivity index (χ3v) is 2.95. The molecular formula is C11H14ClNO. The Balaban J connectivity index is 2.48. The van der Waals surface area contributed by atoms with E-state index in [0.29, 0.717) is 11.6 Å². The van der Waals surface area contributed by atoms with E-state index >= 15 is 0 Å². The van der Waals surface area contributed by atoms with Gasteiger partial charge in [0.1, 0.15) is 5.75 Å². The van der Waals surface area contributed by atoms with E-state index in [2.05, 4.69) is 6.92 Å². The molecule has 0 aromatic heterocycles. The van der Waals surface area contributed by atoms with Crippen molar-refractivity contribution in [1.82, 2.24) is 0 Å². The first-order chi connectivity index (χ1) is 6.68. The summed E-state index contributed by atoms with van der Waals surface area (Å²) in [4.78, 5) is 0. The van der Waals surface area contributed by atoms with Crippen LogP contribution in [-0.2, 0) is 6.42 Å². The quantitative estimate of drug-likeness (QED) is 0.715. The normalized spacial score (nSPS) is 20.9. The predicted molar refractivity (Wildman–Crippen MR) is 58.0 cm³/mol. The molecule has 2 rings (SSSR count). The second-order valence-corrected chi connectivity index (χ2v) is 4.18. The van der Waals surface area contributed by atoms with Crippen LogP contribution in [0.4, 0.5) is 0 Å². The summed E-state index contributed by atoms with van der Waals surface area (Å²) < 4.78 is 5.62. The van der Waals surface area contributed by atoms with Gasteiger partial charge in [0.2, 0.25) is 0 Å². The monoisotopic (exact) mass is 211 g/mol. The van der Waals surface area contributed by atoms with Gasteiger partial charge < -0.3 is 10.5 Å². The lowest BCUT2D eigenvalue weighted by Crippen LogP contribution is -2.23. The zero-order chi connectivity index (χ0) is 10.1. The van der Waals surface area contributed by atoms with Crippen molar-refractivity contribution in [2.45, 2.75) is 25.8 Å². The van der Waals surface area contributed by atoms with Crippen molar-refractivity contribution in [2.24, 2.45) is 5.73 Å². The van der Waals surface area contributed by atoms with E-state index in [-0.39, 0.29) is 6.04 Å². The summed E-state index contributed by atoms with van der Waals surface area (Å²) in [5.41, 5.74) is 8.32. The molecule has 3 heteroatoms. The Bertz CT molecular complexity index is 351. The number of hydrogen-bond donors (Lipinski definition) is 1. The molecule has 1 unspecified atom stereocenters. The Morgan fingerprint density at radius 3 is 3.07 bits per heavy atom. The molecule has 0 fully saturated rings. The van der Waals surface area contributed by atoms with E-state index in [1.165, 1.54) is 11.1 Å². The molecule has 0 bridgehead atoms. The van der Waals surface area contributed by atoms with Gasteiger partial charge in [-0.3, -0.25) is 0 Å². The smallest absolute Gasteiger partial charge is 0.141 e. The van der Waals surface area contributed by atoms with Crippen LogP contribution in [0.5, 0.6) is 5.75 Å². The molecule has 2 N–H and O–H groups in total. The van der Waals surface area contributed by atoms with Gasteiger partial charge in [0.25, 0.3) is 0 Å². The van der Waals surface area contributed by atoms with Gasteiger partial charge in [-0.05, 0) is 31.4 Å². The molecule has 1 aromatic rings. The van der Waals surface area contributed by atoms with E-state index < -0.39 is 0 Å². The van der Waals surface area contributed by atoms with Crippen molar-refractivity contribution in [3.8, 4) is 5.75 Å². The molecule has 0 spiro atoms. The van der Waals surface area contributed by atoms with Crippen LogP contribution in [-0.4, -0.2) is 12.6 Å². The Labute approximate surface area is 89.0 Å². The maximum atomic E-state index is 6.07. The third kappa shape index (κ3) is 1.72. The lowest BCUT2D eigenvalue weighted by atomic mass is 10.00. The molecule has 1 aromatic carbocycles. The average Bonchev–Trinajstić information content (AvgIpc) is 2.34. The third-order valence-electron chi connectivity index (χ3n) is 2.65. The van der Waals surface area contributed by atoms with E-state index in [0.717, 1.165) is 18.6 Å². The summed E-state index contributed by atoms with van der Waals surface area (Å²) in [7, 11) is 0. The molecule has 1 atom stereocenters. The van der Waals surface area contributed by atoms with Crippen LogP contribution in [0.25, 0.3) is 0 Å². The molecule has 0 saturated carbocycles. The molecule has 1 aliphatic heterocycles. The van der Waals surface area contributed by atoms with Gasteiger partial charge >= 0.3 is 0 Å². The summed E-state index contributed by atoms with van der Waals surface area (Å²) in [6.45, 7) is 2.73. The van der Waals surface area contributed by atoms with Crippen LogP contribution < -0.4 is 10.5 Å². The number of ether oxygens (including phenoxy) is 1. The highest BCUT2D eigenvalue weighted by molar-refractivity contribution is 6.32. The lowest BCUT2D eigenvalue weighted by molar-refractivity contribution is 0.310. The molecule has 1 heterocycles. The largest absolute Gasteiger partial charge is 0.492 e. The highest BCUT2D eigenvalue weighted by Gasteiger charge is 2.18. The van der Waals surface area contributed by atoms with Crippen molar-refractivity contribution < 1.29 is 4.74 Å². The molecule has 0 radical (unpaired) electrons. The van der Waals surface area contributed by atoms with Crippen molar-refractivity contribution in [3.05, 3.63) is 28.3 Å². The van der Waals surface area contributed by atoms with Gasteiger partial charge in [-0.1, -0.05) is 17.7 Å². The fourth-order valence-corrected chi connectivity index (χ4v) is 2.02. The number of halogens is 1. The van der Waals surface area contributed by atoms with E-state index in [4.69, 9.17) is 22.1 Å². The minimum absolute atomic E-state index is 0.188. The van der Waals surface area contributed by atoms with Gasteiger partial charge in [-0.15, -0.1) is 0 Å². The molecule has 14 heavy (non-hydrogen) atoms. The highest BCUT2D eigenvalue weighted by atomic mass is 35.5. The first-order valence-electron chi connectivity index (χ1n) is 4.85. The minimum atomic E-state index is 0.188. The zero-order valence-corrected chi connectivity index (χ0v) is 8.97. The zero-order valence-electron chi connectivity index (χ0n) is 8.22. The summed E-state index contributed by atoms with van der Waals surface area (Å²) in [6.07, 6.45) is 1.76. The lowest BCUT2D eigenvalue weighted by Gasteiger charge is -2.11. The van der Waals surface area contributed by atoms with Crippen LogP contribution in [0.2, 0.25) is 5.02 Å². The molecular weight excluding hydrogens is 198 g/mol. The second-order valence-electron chi connectivity index (χ2n) is 3.77. The summed E-state index contributed by atoms with van der Waals surface area (Å²) in [5, 5.41) is 0.694. The van der Waals surface area contributed by atoms with Crippen LogP contribution in [0.1, 0.15) is 17.5 Å². The average molecular weight is 212 g/mol. The summed E-state index contributed by atoms with van der Waals surface area (Å²) in [6, 6.07) is 4.09. The first kappa shape index (κ1) is 9.81. The van der Waals surface area contributed by atoms with Gasteiger partial charge in [0.15, 0.2) is 0 Å². The summed E-state index contributed by atoms with van der Waals surface area (Å²) >= 11 is 6.07. The molecule has 1 aliphatic rings. The Morgan fingerprint density at radius 2 is 2.29 bits per heavy atom. The molecule has 0 aliphatic carbocycles. The Morgan fingerprint density at radius 1 is 1.50 bits per heavy atom. The fraction of sp³-hybridized carbons (Fsp3) is 0.455. The van der Waals surface area contributed by atoms with Gasteiger partial charge in [0, 0.05) is 11.6 Å². The second kappa shape index (κ2) is 3.79. The Kier molecular flexibility index (Phi) is 2.66. The van der Waals surface area contributed by atoms with Crippen molar-refractivity contribution in [3.63, 3.8) is 0 Å². The van der Waals surface area contributed by atoms with E-state index in [9.17, 15) is 0 Å².